The molecule has 1 N–H and O–H groups in total. The molecule has 1 fully saturated rings. The van der Waals surface area contributed by atoms with Crippen molar-refractivity contribution in [1.29, 1.82) is 0 Å². The fourth-order valence-electron chi connectivity index (χ4n) is 2.98. The highest BCUT2D eigenvalue weighted by Gasteiger charge is 2.30. The zero-order valence-corrected chi connectivity index (χ0v) is 14.5. The van der Waals surface area contributed by atoms with E-state index in [1.54, 1.807) is 16.8 Å². The highest BCUT2D eigenvalue weighted by Crippen LogP contribution is 2.14. The molecule has 0 bridgehead atoms. The van der Waals surface area contributed by atoms with E-state index in [0.29, 0.717) is 32.6 Å². The molecule has 6 heteroatoms. The van der Waals surface area contributed by atoms with Gasteiger partial charge in [0.2, 0.25) is 17.7 Å². The monoisotopic (exact) mass is 331 g/mol. The Morgan fingerprint density at radius 2 is 1.75 bits per heavy atom. The standard InChI is InChI=1S/C18H25N3O3/c1-13-6-4-5-7-15(13)10-17(23)21-9-8-20(14(2)22)11-16(12-21)18(24)19-3/h4-7,16H,8-12H2,1-3H3,(H,19,24)/t16-/m0/s1. The Kier molecular flexibility index (Phi) is 5.95. The first-order chi connectivity index (χ1) is 11.4. The maximum atomic E-state index is 12.7. The first-order valence-electron chi connectivity index (χ1n) is 8.21. The van der Waals surface area contributed by atoms with Gasteiger partial charge in [0.25, 0.3) is 0 Å². The molecule has 1 saturated heterocycles. The minimum atomic E-state index is -0.401. The molecule has 1 aromatic rings. The van der Waals surface area contributed by atoms with E-state index in [1.807, 2.05) is 31.2 Å². The minimum Gasteiger partial charge on any atom is -0.359 e. The molecule has 1 aliphatic rings. The predicted molar refractivity (Wildman–Crippen MR) is 91.3 cm³/mol. The van der Waals surface area contributed by atoms with Gasteiger partial charge in [0, 0.05) is 40.2 Å². The Bertz CT molecular complexity index is 630. The maximum Gasteiger partial charge on any atom is 0.227 e. The van der Waals surface area contributed by atoms with E-state index in [-0.39, 0.29) is 17.7 Å². The third-order valence-corrected chi connectivity index (χ3v) is 4.54. The summed E-state index contributed by atoms with van der Waals surface area (Å²) in [6.07, 6.45) is 0.313. The topological polar surface area (TPSA) is 69.7 Å². The maximum absolute atomic E-state index is 12.7. The molecule has 0 saturated carbocycles. The Balaban J connectivity index is 2.13. The molecule has 0 radical (unpaired) electrons. The number of rotatable bonds is 3. The van der Waals surface area contributed by atoms with Crippen molar-refractivity contribution in [1.82, 2.24) is 15.1 Å². The number of nitrogens with zero attached hydrogens (tertiary/aromatic N) is 2. The van der Waals surface area contributed by atoms with Crippen LogP contribution in [0, 0.1) is 12.8 Å². The Hall–Kier alpha value is -2.37. The van der Waals surface area contributed by atoms with Gasteiger partial charge >= 0.3 is 0 Å². The molecule has 2 rings (SSSR count). The highest BCUT2D eigenvalue weighted by atomic mass is 16.2. The number of hydrogen-bond donors (Lipinski definition) is 1. The molecule has 1 atom stereocenters. The van der Waals surface area contributed by atoms with Gasteiger partial charge in [-0.05, 0) is 18.1 Å². The van der Waals surface area contributed by atoms with Gasteiger partial charge in [0.1, 0.15) is 0 Å². The minimum absolute atomic E-state index is 0.0106. The predicted octanol–water partition coefficient (Wildman–Crippen LogP) is 0.590. The number of amides is 3. The van der Waals surface area contributed by atoms with Gasteiger partial charge < -0.3 is 15.1 Å². The van der Waals surface area contributed by atoms with Crippen molar-refractivity contribution in [3.8, 4) is 0 Å². The Labute approximate surface area is 142 Å². The second-order valence-corrected chi connectivity index (χ2v) is 6.22. The van der Waals surface area contributed by atoms with E-state index in [2.05, 4.69) is 5.32 Å². The second kappa shape index (κ2) is 7.95. The number of aryl methyl sites for hydroxylation is 1. The largest absolute Gasteiger partial charge is 0.359 e. The van der Waals surface area contributed by atoms with Crippen LogP contribution in [0.15, 0.2) is 24.3 Å². The SMILES string of the molecule is CNC(=O)[C@H]1CN(C(C)=O)CCN(C(=O)Cc2ccccc2C)C1. The lowest BCUT2D eigenvalue weighted by molar-refractivity contribution is -0.132. The van der Waals surface area contributed by atoms with E-state index in [0.717, 1.165) is 11.1 Å². The summed E-state index contributed by atoms with van der Waals surface area (Å²) in [5, 5.41) is 2.63. The van der Waals surface area contributed by atoms with Crippen LogP contribution in [0.4, 0.5) is 0 Å². The summed E-state index contributed by atoms with van der Waals surface area (Å²) >= 11 is 0. The van der Waals surface area contributed by atoms with Crippen LogP contribution in [0.25, 0.3) is 0 Å². The first-order valence-corrected chi connectivity index (χ1v) is 8.21. The van der Waals surface area contributed by atoms with Crippen LogP contribution >= 0.6 is 0 Å². The van der Waals surface area contributed by atoms with Gasteiger partial charge in [-0.1, -0.05) is 24.3 Å². The number of carbonyl (C=O) groups is 3. The van der Waals surface area contributed by atoms with Crippen LogP contribution in [0.3, 0.4) is 0 Å². The zero-order chi connectivity index (χ0) is 17.7. The summed E-state index contributed by atoms with van der Waals surface area (Å²) in [7, 11) is 1.57. The molecule has 0 aliphatic carbocycles. The zero-order valence-electron chi connectivity index (χ0n) is 14.5. The summed E-state index contributed by atoms with van der Waals surface area (Å²) in [5.41, 5.74) is 2.07. The quantitative estimate of drug-likeness (QED) is 0.881. The van der Waals surface area contributed by atoms with Crippen LogP contribution in [0.5, 0.6) is 0 Å². The van der Waals surface area contributed by atoms with E-state index in [1.165, 1.54) is 6.92 Å². The molecule has 1 heterocycles. The molecule has 0 aromatic heterocycles. The van der Waals surface area contributed by atoms with Crippen molar-refractivity contribution >= 4 is 17.7 Å². The van der Waals surface area contributed by atoms with Crippen LogP contribution < -0.4 is 5.32 Å². The summed E-state index contributed by atoms with van der Waals surface area (Å²) in [4.78, 5) is 39.8. The van der Waals surface area contributed by atoms with Crippen molar-refractivity contribution < 1.29 is 14.4 Å². The lowest BCUT2D eigenvalue weighted by atomic mass is 10.0. The van der Waals surface area contributed by atoms with Gasteiger partial charge in [-0.3, -0.25) is 14.4 Å². The van der Waals surface area contributed by atoms with Crippen molar-refractivity contribution in [3.05, 3.63) is 35.4 Å². The molecule has 130 valence electrons. The van der Waals surface area contributed by atoms with Crippen LogP contribution in [0.2, 0.25) is 0 Å². The second-order valence-electron chi connectivity index (χ2n) is 6.22. The third kappa shape index (κ3) is 4.34. The molecular formula is C18H25N3O3. The van der Waals surface area contributed by atoms with E-state index in [9.17, 15) is 14.4 Å². The highest BCUT2D eigenvalue weighted by molar-refractivity contribution is 5.83. The summed E-state index contributed by atoms with van der Waals surface area (Å²) < 4.78 is 0. The van der Waals surface area contributed by atoms with Gasteiger partial charge in [0.05, 0.1) is 12.3 Å². The number of benzene rings is 1. The molecule has 3 amide bonds. The van der Waals surface area contributed by atoms with Crippen molar-refractivity contribution in [2.45, 2.75) is 20.3 Å². The molecule has 24 heavy (non-hydrogen) atoms. The molecule has 0 spiro atoms. The molecule has 0 unspecified atom stereocenters. The summed E-state index contributed by atoms with van der Waals surface area (Å²) in [6.45, 7) is 5.08. The lowest BCUT2D eigenvalue weighted by Crippen LogP contribution is -2.42. The smallest absolute Gasteiger partial charge is 0.227 e. The summed E-state index contributed by atoms with van der Waals surface area (Å²) in [5.74, 6) is -0.625. The fourth-order valence-corrected chi connectivity index (χ4v) is 2.98. The van der Waals surface area contributed by atoms with Crippen molar-refractivity contribution in [2.75, 3.05) is 33.2 Å². The van der Waals surface area contributed by atoms with Gasteiger partial charge in [-0.25, -0.2) is 0 Å². The molecule has 1 aromatic carbocycles. The number of hydrogen-bond acceptors (Lipinski definition) is 3. The van der Waals surface area contributed by atoms with E-state index >= 15 is 0 Å². The van der Waals surface area contributed by atoms with Gasteiger partial charge in [-0.2, -0.15) is 0 Å². The lowest BCUT2D eigenvalue weighted by Gasteiger charge is -2.23. The average molecular weight is 331 g/mol. The average Bonchev–Trinajstić information content (AvgIpc) is 2.79. The summed E-state index contributed by atoms with van der Waals surface area (Å²) in [6, 6.07) is 7.80. The molecule has 1 aliphatic heterocycles. The van der Waals surface area contributed by atoms with E-state index < -0.39 is 5.92 Å². The Morgan fingerprint density at radius 3 is 2.38 bits per heavy atom. The van der Waals surface area contributed by atoms with Gasteiger partial charge in [0.15, 0.2) is 0 Å². The normalized spacial score (nSPS) is 18.0. The Morgan fingerprint density at radius 1 is 1.12 bits per heavy atom. The van der Waals surface area contributed by atoms with Crippen molar-refractivity contribution in [2.24, 2.45) is 5.92 Å². The molecule has 6 nitrogen and oxygen atoms in total. The number of carbonyl (C=O) groups excluding carboxylic acids is 3. The van der Waals surface area contributed by atoms with Crippen LogP contribution in [-0.4, -0.2) is 60.7 Å². The van der Waals surface area contributed by atoms with Crippen LogP contribution in [-0.2, 0) is 20.8 Å². The van der Waals surface area contributed by atoms with Crippen LogP contribution in [0.1, 0.15) is 18.1 Å². The van der Waals surface area contributed by atoms with Gasteiger partial charge in [-0.15, -0.1) is 0 Å². The van der Waals surface area contributed by atoms with Crippen molar-refractivity contribution in [3.63, 3.8) is 0 Å². The third-order valence-electron chi connectivity index (χ3n) is 4.54. The first kappa shape index (κ1) is 18.0. The van der Waals surface area contributed by atoms with E-state index in [4.69, 9.17) is 0 Å². The number of nitrogens with one attached hydrogen (secondary N) is 1. The fraction of sp³-hybridized carbons (Fsp3) is 0.500. The molecular weight excluding hydrogens is 306 g/mol.